The van der Waals surface area contributed by atoms with Crippen LogP contribution in [0.3, 0.4) is 0 Å². The van der Waals surface area contributed by atoms with Crippen molar-refractivity contribution < 1.29 is 13.9 Å². The van der Waals surface area contributed by atoms with Crippen LogP contribution in [0.2, 0.25) is 0 Å². The Labute approximate surface area is 263 Å². The molecule has 2 bridgehead atoms. The van der Waals surface area contributed by atoms with Crippen LogP contribution in [-0.2, 0) is 13.6 Å². The Morgan fingerprint density at radius 3 is 2.74 bits per heavy atom. The van der Waals surface area contributed by atoms with Crippen molar-refractivity contribution in [2.45, 2.75) is 44.3 Å². The molecular formula is C34H34N8O4. The summed E-state index contributed by atoms with van der Waals surface area (Å²) in [6.07, 6.45) is 4.42. The number of pyridine rings is 1. The van der Waals surface area contributed by atoms with Gasteiger partial charge in [-0.05, 0) is 80.0 Å². The highest BCUT2D eigenvalue weighted by atomic mass is 16.5. The predicted octanol–water partition coefficient (Wildman–Crippen LogP) is 4.75. The zero-order valence-electron chi connectivity index (χ0n) is 25.6. The van der Waals surface area contributed by atoms with Crippen molar-refractivity contribution in [2.24, 2.45) is 24.6 Å². The molecule has 3 unspecified atom stereocenters. The normalized spacial score (nSPS) is 20.8. The highest BCUT2D eigenvalue weighted by Gasteiger charge is 2.47. The number of oxazole rings is 1. The Balaban J connectivity index is 1.11. The number of rotatable bonds is 7. The van der Waals surface area contributed by atoms with Crippen LogP contribution in [-0.4, -0.2) is 60.6 Å². The number of piperidine rings is 1. The van der Waals surface area contributed by atoms with Crippen LogP contribution in [0.4, 0.5) is 11.5 Å². The Hall–Kier alpha value is -5.10. The van der Waals surface area contributed by atoms with Crippen molar-refractivity contribution in [3.8, 4) is 17.3 Å². The molecule has 2 saturated carbocycles. The predicted molar refractivity (Wildman–Crippen MR) is 174 cm³/mol. The number of carbonyl (C=O) groups is 1. The van der Waals surface area contributed by atoms with Gasteiger partial charge in [-0.3, -0.25) is 9.78 Å². The van der Waals surface area contributed by atoms with Crippen LogP contribution in [0.25, 0.3) is 44.7 Å². The SMILES string of the molecule is COc1cc(C(=O)N2CC3CCC2C3N)cc2nc(-c3cc4ccc(Nc5ccc6[nH]c(=O)oc6c5)nc4n3CC3CC3)n(C)c12. The molecule has 234 valence electrons. The average molecular weight is 619 g/mol. The number of nitrogens with two attached hydrogens (primary N) is 1. The van der Waals surface area contributed by atoms with Gasteiger partial charge in [0.05, 0.1) is 23.8 Å². The van der Waals surface area contributed by atoms with Crippen molar-refractivity contribution in [1.29, 1.82) is 0 Å². The summed E-state index contributed by atoms with van der Waals surface area (Å²) < 4.78 is 15.4. The summed E-state index contributed by atoms with van der Waals surface area (Å²) in [5.74, 6) is 2.53. The van der Waals surface area contributed by atoms with Gasteiger partial charge in [-0.15, -0.1) is 0 Å². The molecular weight excluding hydrogens is 584 g/mol. The van der Waals surface area contributed by atoms with Crippen LogP contribution in [0.1, 0.15) is 36.0 Å². The maximum Gasteiger partial charge on any atom is 0.417 e. The fourth-order valence-corrected chi connectivity index (χ4v) is 7.56. The minimum atomic E-state index is -0.484. The zero-order chi connectivity index (χ0) is 31.3. The van der Waals surface area contributed by atoms with Gasteiger partial charge in [-0.1, -0.05) is 0 Å². The number of fused-ring (bicyclic) bond motifs is 5. The van der Waals surface area contributed by atoms with Crippen molar-refractivity contribution in [3.05, 3.63) is 64.6 Å². The molecule has 12 nitrogen and oxygen atoms in total. The topological polar surface area (TPSA) is 149 Å². The van der Waals surface area contributed by atoms with Crippen LogP contribution in [0, 0.1) is 11.8 Å². The number of nitrogens with zero attached hydrogens (tertiary/aromatic N) is 5. The molecule has 6 aromatic rings. The average Bonchev–Trinajstić information content (AvgIpc) is 3.25. The third-order valence-corrected chi connectivity index (χ3v) is 10.1. The number of benzene rings is 2. The molecule has 3 aliphatic rings. The van der Waals surface area contributed by atoms with Gasteiger partial charge in [0.15, 0.2) is 11.4 Å². The first kappa shape index (κ1) is 27.2. The Morgan fingerprint density at radius 2 is 1.98 bits per heavy atom. The monoisotopic (exact) mass is 618 g/mol. The highest BCUT2D eigenvalue weighted by Crippen LogP contribution is 2.40. The van der Waals surface area contributed by atoms with Gasteiger partial charge in [0, 0.05) is 54.9 Å². The summed E-state index contributed by atoms with van der Waals surface area (Å²) in [7, 11) is 3.62. The number of nitrogens with one attached hydrogen (secondary N) is 2. The van der Waals surface area contributed by atoms with E-state index in [1.165, 1.54) is 12.8 Å². The largest absolute Gasteiger partial charge is 0.494 e. The van der Waals surface area contributed by atoms with Crippen LogP contribution >= 0.6 is 0 Å². The molecule has 0 spiro atoms. The number of anilines is 2. The summed E-state index contributed by atoms with van der Waals surface area (Å²) in [6.45, 7) is 1.54. The molecule has 9 rings (SSSR count). The molecule has 0 radical (unpaired) electrons. The molecule has 5 heterocycles. The molecule has 46 heavy (non-hydrogen) atoms. The van der Waals surface area contributed by atoms with E-state index in [1.807, 2.05) is 40.8 Å². The van der Waals surface area contributed by atoms with E-state index in [-0.39, 0.29) is 18.0 Å². The number of ether oxygens (including phenoxy) is 1. The molecule has 1 amide bonds. The number of likely N-dealkylation sites (tertiary alicyclic amines) is 1. The minimum Gasteiger partial charge on any atom is -0.494 e. The summed E-state index contributed by atoms with van der Waals surface area (Å²) in [5, 5.41) is 4.36. The van der Waals surface area contributed by atoms with Crippen LogP contribution in [0.15, 0.2) is 57.7 Å². The number of carbonyl (C=O) groups excluding carboxylic acids is 1. The van der Waals surface area contributed by atoms with Gasteiger partial charge in [-0.2, -0.15) is 0 Å². The minimum absolute atomic E-state index is 0.0140. The van der Waals surface area contributed by atoms with E-state index in [9.17, 15) is 9.59 Å². The second kappa shape index (κ2) is 9.95. The van der Waals surface area contributed by atoms with E-state index in [1.54, 1.807) is 19.2 Å². The number of methoxy groups -OCH3 is 1. The lowest BCUT2D eigenvalue weighted by molar-refractivity contribution is 0.0700. The quantitative estimate of drug-likeness (QED) is 0.232. The molecule has 3 atom stereocenters. The van der Waals surface area contributed by atoms with Gasteiger partial charge < -0.3 is 34.2 Å². The van der Waals surface area contributed by atoms with E-state index in [0.29, 0.717) is 52.1 Å². The first-order valence-electron chi connectivity index (χ1n) is 15.9. The van der Waals surface area contributed by atoms with E-state index in [0.717, 1.165) is 53.1 Å². The van der Waals surface area contributed by atoms with Crippen LogP contribution < -0.4 is 21.5 Å². The maximum absolute atomic E-state index is 13.7. The highest BCUT2D eigenvalue weighted by molar-refractivity contribution is 6.00. The molecule has 4 aromatic heterocycles. The number of aryl methyl sites for hydroxylation is 1. The van der Waals surface area contributed by atoms with E-state index >= 15 is 0 Å². The number of hydrogen-bond donors (Lipinski definition) is 3. The molecule has 2 aromatic carbocycles. The van der Waals surface area contributed by atoms with Crippen molar-refractivity contribution in [1.82, 2.24) is 29.0 Å². The summed E-state index contributed by atoms with van der Waals surface area (Å²) >= 11 is 0. The number of hydrogen-bond acceptors (Lipinski definition) is 8. The van der Waals surface area contributed by atoms with Gasteiger partial charge in [-0.25, -0.2) is 14.8 Å². The Morgan fingerprint density at radius 1 is 1.11 bits per heavy atom. The number of imidazole rings is 1. The number of aromatic nitrogens is 5. The fraction of sp³-hybridized carbons (Fsp3) is 0.353. The standard InChI is InChI=1S/C34H34N8O4/c1-40-30-23(11-20(13-27(30)45-2)33(43)42-16-19-5-9-24(42)29(19)35)37-32(40)25-12-18-6-10-28(39-31(18)41(25)15-17-3-4-17)36-21-7-8-22-26(14-21)46-34(44)38-22/h6-8,10-14,17,19,24,29H,3-5,9,15-16,35H2,1-2H3,(H,36,39)(H,38,44). The van der Waals surface area contributed by atoms with E-state index in [2.05, 4.69) is 27.0 Å². The zero-order valence-corrected chi connectivity index (χ0v) is 25.6. The molecule has 2 aliphatic carbocycles. The summed E-state index contributed by atoms with van der Waals surface area (Å²) in [6, 6.07) is 15.5. The molecule has 4 N–H and O–H groups in total. The first-order chi connectivity index (χ1) is 22.3. The molecule has 12 heteroatoms. The summed E-state index contributed by atoms with van der Waals surface area (Å²) in [4.78, 5) is 40.1. The lowest BCUT2D eigenvalue weighted by Gasteiger charge is -2.27. The lowest BCUT2D eigenvalue weighted by atomic mass is 10.1. The molecule has 1 saturated heterocycles. The van der Waals surface area contributed by atoms with Gasteiger partial charge in [0.2, 0.25) is 0 Å². The number of amides is 1. The first-order valence-corrected chi connectivity index (χ1v) is 15.9. The summed E-state index contributed by atoms with van der Waals surface area (Å²) in [5.41, 5.74) is 12.2. The van der Waals surface area contributed by atoms with E-state index in [4.69, 9.17) is 24.9 Å². The third-order valence-electron chi connectivity index (χ3n) is 10.1. The van der Waals surface area contributed by atoms with Gasteiger partial charge in [0.1, 0.15) is 22.7 Å². The number of aromatic amines is 1. The van der Waals surface area contributed by atoms with Crippen molar-refractivity contribution in [3.63, 3.8) is 0 Å². The smallest absolute Gasteiger partial charge is 0.417 e. The second-order valence-electron chi connectivity index (χ2n) is 13.0. The van der Waals surface area contributed by atoms with Gasteiger partial charge >= 0.3 is 5.76 Å². The number of H-pyrrole nitrogens is 1. The Kier molecular flexibility index (Phi) is 5.89. The lowest BCUT2D eigenvalue weighted by Crippen LogP contribution is -2.41. The maximum atomic E-state index is 13.7. The van der Waals surface area contributed by atoms with Crippen LogP contribution in [0.5, 0.6) is 5.75 Å². The Bertz CT molecular complexity index is 2260. The molecule has 1 aliphatic heterocycles. The van der Waals surface area contributed by atoms with E-state index < -0.39 is 5.76 Å². The fourth-order valence-electron chi connectivity index (χ4n) is 7.56. The molecule has 3 fully saturated rings. The second-order valence-corrected chi connectivity index (χ2v) is 13.0. The van der Waals surface area contributed by atoms with Gasteiger partial charge in [0.25, 0.3) is 5.91 Å². The van der Waals surface area contributed by atoms with Crippen molar-refractivity contribution >= 4 is 50.6 Å². The third kappa shape index (κ3) is 4.23. The van der Waals surface area contributed by atoms with Crippen molar-refractivity contribution in [2.75, 3.05) is 19.0 Å².